The molecule has 1 saturated heterocycles. The molecule has 0 radical (unpaired) electrons. The molecular weight excluding hydrogens is 316 g/mol. The molecule has 1 aliphatic rings. The van der Waals surface area contributed by atoms with E-state index >= 15 is 0 Å². The minimum atomic E-state index is -0.136. The molecule has 4 rings (SSSR count). The minimum Gasteiger partial charge on any atom is -0.463 e. The van der Waals surface area contributed by atoms with Gasteiger partial charge < -0.3 is 15.1 Å². The van der Waals surface area contributed by atoms with Gasteiger partial charge in [0, 0.05) is 18.7 Å². The first-order valence-corrected chi connectivity index (χ1v) is 8.52. The zero-order valence-corrected chi connectivity index (χ0v) is 13.8. The molecule has 1 amide bonds. The van der Waals surface area contributed by atoms with Crippen LogP contribution < -0.4 is 10.6 Å². The maximum Gasteiger partial charge on any atom is 0.270 e. The average molecular weight is 336 g/mol. The van der Waals surface area contributed by atoms with Crippen molar-refractivity contribution in [2.45, 2.75) is 18.9 Å². The maximum atomic E-state index is 12.7. The topological polar surface area (TPSA) is 72.1 Å². The Bertz CT molecular complexity index is 834. The van der Waals surface area contributed by atoms with E-state index in [4.69, 9.17) is 4.42 Å². The molecule has 0 spiro atoms. The molecular formula is C19H20N4O2. The molecule has 6 heteroatoms. The maximum absolute atomic E-state index is 12.7. The van der Waals surface area contributed by atoms with E-state index in [-0.39, 0.29) is 5.91 Å². The van der Waals surface area contributed by atoms with Crippen LogP contribution in [0.5, 0.6) is 0 Å². The highest BCUT2D eigenvalue weighted by Gasteiger charge is 2.20. The SMILES string of the molecule is O=C(NCC1CCCN1)c1cc(-c2ccco2)nn1-c1ccccc1. The highest BCUT2D eigenvalue weighted by Crippen LogP contribution is 2.22. The van der Waals surface area contributed by atoms with E-state index < -0.39 is 0 Å². The summed E-state index contributed by atoms with van der Waals surface area (Å²) in [6.45, 7) is 1.64. The molecule has 128 valence electrons. The number of aromatic nitrogens is 2. The lowest BCUT2D eigenvalue weighted by molar-refractivity contribution is 0.0942. The number of benzene rings is 1. The third-order valence-electron chi connectivity index (χ3n) is 4.39. The van der Waals surface area contributed by atoms with Crippen molar-refractivity contribution in [1.82, 2.24) is 20.4 Å². The minimum absolute atomic E-state index is 0.136. The summed E-state index contributed by atoms with van der Waals surface area (Å²) in [6, 6.07) is 15.4. The van der Waals surface area contributed by atoms with Gasteiger partial charge in [-0.15, -0.1) is 0 Å². The molecule has 6 nitrogen and oxygen atoms in total. The lowest BCUT2D eigenvalue weighted by atomic mass is 10.2. The van der Waals surface area contributed by atoms with E-state index in [9.17, 15) is 4.79 Å². The van der Waals surface area contributed by atoms with Crippen LogP contribution in [0.3, 0.4) is 0 Å². The van der Waals surface area contributed by atoms with Crippen LogP contribution in [0.4, 0.5) is 0 Å². The van der Waals surface area contributed by atoms with Gasteiger partial charge in [-0.1, -0.05) is 18.2 Å². The zero-order valence-electron chi connectivity index (χ0n) is 13.8. The van der Waals surface area contributed by atoms with Crippen LogP contribution in [0.25, 0.3) is 17.1 Å². The third kappa shape index (κ3) is 3.34. The van der Waals surface area contributed by atoms with Crippen LogP contribution in [0.1, 0.15) is 23.3 Å². The molecule has 25 heavy (non-hydrogen) atoms. The second-order valence-corrected chi connectivity index (χ2v) is 6.14. The van der Waals surface area contributed by atoms with Crippen molar-refractivity contribution in [2.75, 3.05) is 13.1 Å². The van der Waals surface area contributed by atoms with Gasteiger partial charge in [0.1, 0.15) is 11.4 Å². The van der Waals surface area contributed by atoms with Crippen molar-refractivity contribution < 1.29 is 9.21 Å². The number of hydrogen-bond acceptors (Lipinski definition) is 4. The van der Waals surface area contributed by atoms with Crippen LogP contribution in [0.15, 0.2) is 59.2 Å². The zero-order chi connectivity index (χ0) is 17.1. The van der Waals surface area contributed by atoms with Crippen molar-refractivity contribution in [1.29, 1.82) is 0 Å². The summed E-state index contributed by atoms with van der Waals surface area (Å²) in [5, 5.41) is 11.0. The molecule has 0 aliphatic carbocycles. The highest BCUT2D eigenvalue weighted by molar-refractivity contribution is 5.94. The number of carbonyl (C=O) groups is 1. The Labute approximate surface area is 145 Å². The quantitative estimate of drug-likeness (QED) is 0.751. The van der Waals surface area contributed by atoms with E-state index in [1.165, 1.54) is 0 Å². The fourth-order valence-electron chi connectivity index (χ4n) is 3.09. The largest absolute Gasteiger partial charge is 0.463 e. The number of nitrogens with one attached hydrogen (secondary N) is 2. The van der Waals surface area contributed by atoms with E-state index in [1.807, 2.05) is 42.5 Å². The molecule has 1 aliphatic heterocycles. The number of amides is 1. The standard InChI is InChI=1S/C19H20N4O2/c24-19(21-13-14-6-4-10-20-14)17-12-16(18-9-5-11-25-18)22-23(17)15-7-2-1-3-8-15/h1-3,5,7-9,11-12,14,20H,4,6,10,13H2,(H,21,24). The summed E-state index contributed by atoms with van der Waals surface area (Å²) in [4.78, 5) is 12.7. The molecule has 1 atom stereocenters. The Morgan fingerprint density at radius 2 is 2.16 bits per heavy atom. The molecule has 0 bridgehead atoms. The average Bonchev–Trinajstić information content (AvgIpc) is 3.41. The molecule has 1 unspecified atom stereocenters. The second-order valence-electron chi connectivity index (χ2n) is 6.14. The van der Waals surface area contributed by atoms with E-state index in [0.717, 1.165) is 25.1 Å². The number of furan rings is 1. The first-order chi connectivity index (χ1) is 12.3. The highest BCUT2D eigenvalue weighted by atomic mass is 16.3. The van der Waals surface area contributed by atoms with Crippen LogP contribution >= 0.6 is 0 Å². The number of hydrogen-bond donors (Lipinski definition) is 2. The molecule has 1 fully saturated rings. The Hall–Kier alpha value is -2.86. The van der Waals surface area contributed by atoms with Gasteiger partial charge in [-0.2, -0.15) is 5.10 Å². The van der Waals surface area contributed by atoms with E-state index in [1.54, 1.807) is 17.0 Å². The first-order valence-electron chi connectivity index (χ1n) is 8.52. The summed E-state index contributed by atoms with van der Waals surface area (Å²) in [5.41, 5.74) is 1.97. The van der Waals surface area contributed by atoms with Crippen molar-refractivity contribution in [3.05, 3.63) is 60.5 Å². The van der Waals surface area contributed by atoms with Crippen LogP contribution in [0.2, 0.25) is 0 Å². The van der Waals surface area contributed by atoms with Gasteiger partial charge in [-0.3, -0.25) is 4.79 Å². The lowest BCUT2D eigenvalue weighted by Crippen LogP contribution is -2.37. The second kappa shape index (κ2) is 6.94. The Balaban J connectivity index is 1.63. The number of rotatable bonds is 5. The summed E-state index contributed by atoms with van der Waals surface area (Å²) >= 11 is 0. The summed E-state index contributed by atoms with van der Waals surface area (Å²) < 4.78 is 7.09. The fourth-order valence-corrected chi connectivity index (χ4v) is 3.09. The van der Waals surface area contributed by atoms with Crippen LogP contribution in [0, 0.1) is 0 Å². The predicted octanol–water partition coefficient (Wildman–Crippen LogP) is 2.61. The van der Waals surface area contributed by atoms with Gasteiger partial charge in [-0.25, -0.2) is 4.68 Å². The van der Waals surface area contributed by atoms with Gasteiger partial charge in [-0.05, 0) is 43.7 Å². The van der Waals surface area contributed by atoms with Gasteiger partial charge in [0.05, 0.1) is 12.0 Å². The Morgan fingerprint density at radius 1 is 1.28 bits per heavy atom. The van der Waals surface area contributed by atoms with Crippen LogP contribution in [-0.2, 0) is 0 Å². The van der Waals surface area contributed by atoms with Gasteiger partial charge >= 0.3 is 0 Å². The lowest BCUT2D eigenvalue weighted by Gasteiger charge is -2.12. The summed E-state index contributed by atoms with van der Waals surface area (Å²) in [5.74, 6) is 0.504. The molecule has 3 heterocycles. The molecule has 3 aromatic rings. The summed E-state index contributed by atoms with van der Waals surface area (Å²) in [7, 11) is 0. The Kier molecular flexibility index (Phi) is 4.35. The third-order valence-corrected chi connectivity index (χ3v) is 4.39. The number of nitrogens with zero attached hydrogens (tertiary/aromatic N) is 2. The molecule has 0 saturated carbocycles. The van der Waals surface area contributed by atoms with Gasteiger partial charge in [0.15, 0.2) is 5.76 Å². The van der Waals surface area contributed by atoms with Crippen molar-refractivity contribution in [2.24, 2.45) is 0 Å². The molecule has 2 aromatic heterocycles. The Morgan fingerprint density at radius 3 is 2.88 bits per heavy atom. The monoisotopic (exact) mass is 336 g/mol. The van der Waals surface area contributed by atoms with Gasteiger partial charge in [0.25, 0.3) is 5.91 Å². The first kappa shape index (κ1) is 15.7. The van der Waals surface area contributed by atoms with E-state index in [0.29, 0.717) is 29.7 Å². The fraction of sp³-hybridized carbons (Fsp3) is 0.263. The number of carbonyl (C=O) groups excluding carboxylic acids is 1. The van der Waals surface area contributed by atoms with Crippen molar-refractivity contribution in [3.8, 4) is 17.1 Å². The van der Waals surface area contributed by atoms with Crippen molar-refractivity contribution >= 4 is 5.91 Å². The van der Waals surface area contributed by atoms with Crippen LogP contribution in [-0.4, -0.2) is 34.8 Å². The van der Waals surface area contributed by atoms with Gasteiger partial charge in [0.2, 0.25) is 0 Å². The smallest absolute Gasteiger partial charge is 0.270 e. The normalized spacial score (nSPS) is 16.9. The molecule has 1 aromatic carbocycles. The number of para-hydroxylation sites is 1. The van der Waals surface area contributed by atoms with Crippen molar-refractivity contribution in [3.63, 3.8) is 0 Å². The summed E-state index contributed by atoms with van der Waals surface area (Å²) in [6.07, 6.45) is 3.85. The van der Waals surface area contributed by atoms with E-state index in [2.05, 4.69) is 15.7 Å². The molecule has 2 N–H and O–H groups in total. The predicted molar refractivity (Wildman–Crippen MR) is 94.6 cm³/mol.